The second kappa shape index (κ2) is 6.34. The van der Waals surface area contributed by atoms with Gasteiger partial charge >= 0.3 is 0 Å². The number of hydrogen-bond donors (Lipinski definition) is 0. The van der Waals surface area contributed by atoms with E-state index in [-0.39, 0.29) is 0 Å². The van der Waals surface area contributed by atoms with Crippen LogP contribution >= 0.6 is 0 Å². The first-order valence-corrected chi connectivity index (χ1v) is 7.81. The number of fused-ring (bicyclic) bond motifs is 1. The monoisotopic (exact) mass is 298 g/mol. The van der Waals surface area contributed by atoms with Gasteiger partial charge < -0.3 is 9.47 Å². The first-order valence-electron chi connectivity index (χ1n) is 7.81. The summed E-state index contributed by atoms with van der Waals surface area (Å²) in [6, 6.07) is 8.20. The molecule has 0 bridgehead atoms. The third-order valence-corrected chi connectivity index (χ3v) is 4.06. The average Bonchev–Trinajstić information content (AvgIpc) is 2.53. The second-order valence-electron chi connectivity index (χ2n) is 5.79. The van der Waals surface area contributed by atoms with Crippen molar-refractivity contribution in [3.05, 3.63) is 47.0 Å². The van der Waals surface area contributed by atoms with Crippen LogP contribution in [-0.4, -0.2) is 23.7 Å². The molecule has 0 N–H and O–H groups in total. The Morgan fingerprint density at radius 1 is 1.27 bits per heavy atom. The van der Waals surface area contributed by atoms with Crippen LogP contribution in [-0.2, 0) is 19.3 Å². The molecule has 0 unspecified atom stereocenters. The number of rotatable bonds is 4. The number of para-hydroxylation sites is 1. The molecule has 0 fully saturated rings. The van der Waals surface area contributed by atoms with Gasteiger partial charge in [-0.3, -0.25) is 0 Å². The molecule has 1 aliphatic heterocycles. The first-order chi connectivity index (χ1) is 10.7. The van der Waals surface area contributed by atoms with Crippen molar-refractivity contribution in [2.75, 3.05) is 13.7 Å². The number of benzene rings is 1. The molecule has 0 saturated heterocycles. The third kappa shape index (κ3) is 3.06. The van der Waals surface area contributed by atoms with Gasteiger partial charge in [-0.2, -0.15) is 0 Å². The van der Waals surface area contributed by atoms with E-state index in [1.54, 1.807) is 7.11 Å². The van der Waals surface area contributed by atoms with E-state index >= 15 is 0 Å². The molecule has 0 saturated carbocycles. The van der Waals surface area contributed by atoms with Crippen molar-refractivity contribution >= 4 is 0 Å². The SMILES string of the molecule is CCc1cc(C[C@@H]2COc3c(cccc3OC)C2)nc(C)n1. The van der Waals surface area contributed by atoms with Crippen LogP contribution in [0.4, 0.5) is 0 Å². The highest BCUT2D eigenvalue weighted by Crippen LogP contribution is 2.36. The van der Waals surface area contributed by atoms with Gasteiger partial charge in [-0.15, -0.1) is 0 Å². The van der Waals surface area contributed by atoms with Crippen molar-refractivity contribution in [2.24, 2.45) is 5.92 Å². The van der Waals surface area contributed by atoms with Crippen LogP contribution in [0.5, 0.6) is 11.5 Å². The van der Waals surface area contributed by atoms with Crippen LogP contribution in [0.15, 0.2) is 24.3 Å². The van der Waals surface area contributed by atoms with Gasteiger partial charge in [0.15, 0.2) is 11.5 Å². The zero-order valence-corrected chi connectivity index (χ0v) is 13.4. The number of methoxy groups -OCH3 is 1. The van der Waals surface area contributed by atoms with Crippen LogP contribution in [0.25, 0.3) is 0 Å². The summed E-state index contributed by atoms with van der Waals surface area (Å²) in [6.45, 7) is 4.79. The minimum atomic E-state index is 0.443. The smallest absolute Gasteiger partial charge is 0.164 e. The molecule has 2 aromatic rings. The Kier molecular flexibility index (Phi) is 4.27. The summed E-state index contributed by atoms with van der Waals surface area (Å²) in [5.41, 5.74) is 3.45. The maximum atomic E-state index is 5.95. The number of aromatic nitrogens is 2. The van der Waals surface area contributed by atoms with E-state index in [1.165, 1.54) is 5.56 Å². The molecule has 1 aromatic carbocycles. The number of nitrogens with zero attached hydrogens (tertiary/aromatic N) is 2. The molecule has 1 atom stereocenters. The van der Waals surface area contributed by atoms with E-state index in [4.69, 9.17) is 9.47 Å². The normalized spacial score (nSPS) is 16.8. The van der Waals surface area contributed by atoms with Crippen molar-refractivity contribution in [2.45, 2.75) is 33.1 Å². The summed E-state index contributed by atoms with van der Waals surface area (Å²) in [4.78, 5) is 9.02. The molecule has 4 nitrogen and oxygen atoms in total. The standard InChI is InChI=1S/C18H22N2O2/c1-4-15-10-16(20-12(2)19-15)9-13-8-14-6-5-7-17(21-3)18(14)22-11-13/h5-7,10,13H,4,8-9,11H2,1-3H3/t13-/m1/s1. The fourth-order valence-corrected chi connectivity index (χ4v) is 3.03. The zero-order chi connectivity index (χ0) is 15.5. The largest absolute Gasteiger partial charge is 0.493 e. The van der Waals surface area contributed by atoms with E-state index in [0.29, 0.717) is 12.5 Å². The molecule has 4 heteroatoms. The molecule has 2 heterocycles. The highest BCUT2D eigenvalue weighted by molar-refractivity contribution is 5.47. The lowest BCUT2D eigenvalue weighted by molar-refractivity contribution is 0.210. The summed E-state index contributed by atoms with van der Waals surface area (Å²) < 4.78 is 11.3. The maximum absolute atomic E-state index is 5.95. The van der Waals surface area contributed by atoms with Gasteiger partial charge in [-0.25, -0.2) is 9.97 Å². The van der Waals surface area contributed by atoms with Crippen molar-refractivity contribution in [1.82, 2.24) is 9.97 Å². The summed E-state index contributed by atoms with van der Waals surface area (Å²) in [6.07, 6.45) is 2.86. The highest BCUT2D eigenvalue weighted by Gasteiger charge is 2.23. The summed E-state index contributed by atoms with van der Waals surface area (Å²) >= 11 is 0. The van der Waals surface area contributed by atoms with Crippen LogP contribution in [0, 0.1) is 12.8 Å². The molecule has 0 amide bonds. The van der Waals surface area contributed by atoms with Crippen molar-refractivity contribution in [3.8, 4) is 11.5 Å². The molecule has 0 aliphatic carbocycles. The highest BCUT2D eigenvalue weighted by atomic mass is 16.5. The molecular formula is C18H22N2O2. The molecule has 0 spiro atoms. The van der Waals surface area contributed by atoms with Gasteiger partial charge in [-0.05, 0) is 43.9 Å². The van der Waals surface area contributed by atoms with E-state index in [1.807, 2.05) is 19.1 Å². The van der Waals surface area contributed by atoms with E-state index in [2.05, 4.69) is 29.0 Å². The van der Waals surface area contributed by atoms with Crippen molar-refractivity contribution < 1.29 is 9.47 Å². The fourth-order valence-electron chi connectivity index (χ4n) is 3.03. The predicted octanol–water partition coefficient (Wildman–Crippen LogP) is 3.15. The average molecular weight is 298 g/mol. The van der Waals surface area contributed by atoms with Crippen LogP contribution in [0.2, 0.25) is 0 Å². The van der Waals surface area contributed by atoms with Gasteiger partial charge in [0.2, 0.25) is 0 Å². The minimum Gasteiger partial charge on any atom is -0.493 e. The quantitative estimate of drug-likeness (QED) is 0.870. The number of ether oxygens (including phenoxy) is 2. The summed E-state index contributed by atoms with van der Waals surface area (Å²) in [5, 5.41) is 0. The van der Waals surface area contributed by atoms with Crippen LogP contribution in [0.3, 0.4) is 0 Å². The van der Waals surface area contributed by atoms with Gasteiger partial charge in [0.1, 0.15) is 5.82 Å². The molecule has 22 heavy (non-hydrogen) atoms. The lowest BCUT2D eigenvalue weighted by Gasteiger charge is -2.26. The van der Waals surface area contributed by atoms with Gasteiger partial charge in [0, 0.05) is 17.3 Å². The van der Waals surface area contributed by atoms with Crippen LogP contribution < -0.4 is 9.47 Å². The molecule has 3 rings (SSSR count). The topological polar surface area (TPSA) is 44.2 Å². The van der Waals surface area contributed by atoms with Gasteiger partial charge in [-0.1, -0.05) is 19.1 Å². The first kappa shape index (κ1) is 14.8. The van der Waals surface area contributed by atoms with Crippen LogP contribution in [0.1, 0.15) is 29.7 Å². The lowest BCUT2D eigenvalue weighted by Crippen LogP contribution is -2.23. The molecule has 116 valence electrons. The van der Waals surface area contributed by atoms with E-state index in [0.717, 1.165) is 48.0 Å². The predicted molar refractivity (Wildman–Crippen MR) is 85.5 cm³/mol. The lowest BCUT2D eigenvalue weighted by atomic mass is 9.92. The fraction of sp³-hybridized carbons (Fsp3) is 0.444. The third-order valence-electron chi connectivity index (χ3n) is 4.06. The Labute approximate surface area is 131 Å². The Balaban J connectivity index is 1.77. The zero-order valence-electron chi connectivity index (χ0n) is 13.4. The van der Waals surface area contributed by atoms with Crippen molar-refractivity contribution in [3.63, 3.8) is 0 Å². The number of hydrogen-bond acceptors (Lipinski definition) is 4. The Hall–Kier alpha value is -2.10. The maximum Gasteiger partial charge on any atom is 0.164 e. The van der Waals surface area contributed by atoms with Crippen molar-refractivity contribution in [1.29, 1.82) is 0 Å². The number of aryl methyl sites for hydroxylation is 2. The molecule has 1 aromatic heterocycles. The van der Waals surface area contributed by atoms with E-state index < -0.39 is 0 Å². The molecule has 1 aliphatic rings. The molecule has 0 radical (unpaired) electrons. The summed E-state index contributed by atoms with van der Waals surface area (Å²) in [7, 11) is 1.68. The minimum absolute atomic E-state index is 0.443. The molecular weight excluding hydrogens is 276 g/mol. The Morgan fingerprint density at radius 3 is 2.86 bits per heavy atom. The second-order valence-corrected chi connectivity index (χ2v) is 5.79. The Bertz CT molecular complexity index is 670. The summed E-state index contributed by atoms with van der Waals surface area (Å²) in [5.74, 6) is 3.02. The van der Waals surface area contributed by atoms with E-state index in [9.17, 15) is 0 Å². The van der Waals surface area contributed by atoms with Gasteiger partial charge in [0.25, 0.3) is 0 Å². The van der Waals surface area contributed by atoms with Gasteiger partial charge in [0.05, 0.1) is 13.7 Å². The Morgan fingerprint density at radius 2 is 2.09 bits per heavy atom.